The number of carboxylic acid groups (broad SMARTS) is 1. The van der Waals surface area contributed by atoms with Crippen LogP contribution in [-0.2, 0) is 4.79 Å². The van der Waals surface area contributed by atoms with Gasteiger partial charge in [0, 0.05) is 14.1 Å². The van der Waals surface area contributed by atoms with Crippen LogP contribution < -0.4 is 16.0 Å². The van der Waals surface area contributed by atoms with Crippen molar-refractivity contribution in [3.63, 3.8) is 0 Å². The van der Waals surface area contributed by atoms with Gasteiger partial charge in [-0.15, -0.1) is 0 Å². The summed E-state index contributed by atoms with van der Waals surface area (Å²) in [6.45, 7) is 1.74. The largest absolute Gasteiger partial charge is 0.478 e. The van der Waals surface area contributed by atoms with Crippen molar-refractivity contribution >= 4 is 23.3 Å². The number of hydrogen-bond donors (Lipinski definition) is 3. The lowest BCUT2D eigenvalue weighted by atomic mass is 10.1. The SMILES string of the molecule is CNC(=O)C(C)N(C)c1ccc(C(=O)O)cc1N. The zero-order valence-electron chi connectivity index (χ0n) is 10.6. The second-order valence-corrected chi connectivity index (χ2v) is 3.98. The molecule has 4 N–H and O–H groups in total. The van der Waals surface area contributed by atoms with E-state index < -0.39 is 12.0 Å². The van der Waals surface area contributed by atoms with Crippen molar-refractivity contribution in [1.29, 1.82) is 0 Å². The van der Waals surface area contributed by atoms with Crippen LogP contribution in [0.3, 0.4) is 0 Å². The van der Waals surface area contributed by atoms with Crippen LogP contribution >= 0.6 is 0 Å². The number of anilines is 2. The highest BCUT2D eigenvalue weighted by Crippen LogP contribution is 2.25. The molecule has 0 saturated carbocycles. The van der Waals surface area contributed by atoms with E-state index >= 15 is 0 Å². The average Bonchev–Trinajstić information content (AvgIpc) is 2.35. The normalized spacial score (nSPS) is 11.7. The van der Waals surface area contributed by atoms with Gasteiger partial charge in [0.1, 0.15) is 6.04 Å². The molecule has 0 aliphatic heterocycles. The number of rotatable bonds is 4. The van der Waals surface area contributed by atoms with E-state index in [0.29, 0.717) is 11.4 Å². The first-order valence-electron chi connectivity index (χ1n) is 5.45. The number of nitrogens with zero attached hydrogens (tertiary/aromatic N) is 1. The summed E-state index contributed by atoms with van der Waals surface area (Å²) in [4.78, 5) is 24.0. The lowest BCUT2D eigenvalue weighted by molar-refractivity contribution is -0.121. The predicted molar refractivity (Wildman–Crippen MR) is 69.7 cm³/mol. The zero-order chi connectivity index (χ0) is 13.9. The molecular formula is C12H17N3O3. The molecule has 0 aromatic heterocycles. The van der Waals surface area contributed by atoms with Crippen molar-refractivity contribution in [2.45, 2.75) is 13.0 Å². The first-order chi connectivity index (χ1) is 8.38. The molecule has 1 rings (SSSR count). The second-order valence-electron chi connectivity index (χ2n) is 3.98. The monoisotopic (exact) mass is 251 g/mol. The maximum Gasteiger partial charge on any atom is 0.335 e. The molecule has 0 aliphatic carbocycles. The van der Waals surface area contributed by atoms with Gasteiger partial charge in [0.2, 0.25) is 5.91 Å². The molecule has 1 unspecified atom stereocenters. The van der Waals surface area contributed by atoms with Crippen molar-refractivity contribution in [3.8, 4) is 0 Å². The number of carbonyl (C=O) groups is 2. The molecule has 0 aliphatic rings. The molecular weight excluding hydrogens is 234 g/mol. The van der Waals surface area contributed by atoms with Gasteiger partial charge in [-0.05, 0) is 25.1 Å². The number of carboxylic acids is 1. The van der Waals surface area contributed by atoms with Gasteiger partial charge in [-0.2, -0.15) is 0 Å². The molecule has 0 heterocycles. The van der Waals surface area contributed by atoms with Gasteiger partial charge in [0.15, 0.2) is 0 Å². The molecule has 98 valence electrons. The summed E-state index contributed by atoms with van der Waals surface area (Å²) in [7, 11) is 3.29. The smallest absolute Gasteiger partial charge is 0.335 e. The number of nitrogens with one attached hydrogen (secondary N) is 1. The van der Waals surface area contributed by atoms with Gasteiger partial charge in [-0.25, -0.2) is 4.79 Å². The standard InChI is InChI=1S/C12H17N3O3/c1-7(11(16)14-2)15(3)10-5-4-8(12(17)18)6-9(10)13/h4-7H,13H2,1-3H3,(H,14,16)(H,17,18). The Morgan fingerprint density at radius 3 is 2.50 bits per heavy atom. The third-order valence-electron chi connectivity index (χ3n) is 2.86. The van der Waals surface area contributed by atoms with E-state index in [4.69, 9.17) is 10.8 Å². The van der Waals surface area contributed by atoms with E-state index in [9.17, 15) is 9.59 Å². The van der Waals surface area contributed by atoms with Crippen LogP contribution in [0, 0.1) is 0 Å². The van der Waals surface area contributed by atoms with E-state index in [0.717, 1.165) is 0 Å². The average molecular weight is 251 g/mol. The maximum atomic E-state index is 11.5. The third-order valence-corrected chi connectivity index (χ3v) is 2.86. The van der Waals surface area contributed by atoms with Crippen LogP contribution in [-0.4, -0.2) is 37.1 Å². The minimum Gasteiger partial charge on any atom is -0.478 e. The van der Waals surface area contributed by atoms with Gasteiger partial charge >= 0.3 is 5.97 Å². The molecule has 0 radical (unpaired) electrons. The number of aromatic carboxylic acids is 1. The number of benzene rings is 1. The van der Waals surface area contributed by atoms with Gasteiger partial charge in [0.25, 0.3) is 0 Å². The highest BCUT2D eigenvalue weighted by atomic mass is 16.4. The fourth-order valence-corrected chi connectivity index (χ4v) is 1.60. The first kappa shape index (κ1) is 13.8. The van der Waals surface area contributed by atoms with Crippen LogP contribution in [0.5, 0.6) is 0 Å². The molecule has 0 fully saturated rings. The molecule has 0 saturated heterocycles. The fourth-order valence-electron chi connectivity index (χ4n) is 1.60. The Bertz CT molecular complexity index is 474. The molecule has 18 heavy (non-hydrogen) atoms. The molecule has 0 spiro atoms. The number of nitrogen functional groups attached to an aromatic ring is 1. The number of hydrogen-bond acceptors (Lipinski definition) is 4. The van der Waals surface area contributed by atoms with Crippen molar-refractivity contribution in [3.05, 3.63) is 23.8 Å². The fraction of sp³-hybridized carbons (Fsp3) is 0.333. The molecule has 6 heteroatoms. The summed E-state index contributed by atoms with van der Waals surface area (Å²) in [6, 6.07) is 4.04. The quantitative estimate of drug-likeness (QED) is 0.679. The summed E-state index contributed by atoms with van der Waals surface area (Å²) in [5.74, 6) is -1.17. The maximum absolute atomic E-state index is 11.5. The summed E-state index contributed by atoms with van der Waals surface area (Å²) >= 11 is 0. The Balaban J connectivity index is 3.03. The lowest BCUT2D eigenvalue weighted by Crippen LogP contribution is -2.42. The topological polar surface area (TPSA) is 95.7 Å². The lowest BCUT2D eigenvalue weighted by Gasteiger charge is -2.26. The summed E-state index contributed by atoms with van der Waals surface area (Å²) in [6.07, 6.45) is 0. The molecule has 1 atom stereocenters. The third kappa shape index (κ3) is 2.71. The summed E-state index contributed by atoms with van der Waals surface area (Å²) in [5.41, 5.74) is 6.87. The van der Waals surface area contributed by atoms with E-state index in [-0.39, 0.29) is 11.5 Å². The van der Waals surface area contributed by atoms with Gasteiger partial charge in [-0.1, -0.05) is 0 Å². The Kier molecular flexibility index (Phi) is 4.14. The van der Waals surface area contributed by atoms with Crippen LogP contribution in [0.1, 0.15) is 17.3 Å². The van der Waals surface area contributed by atoms with Gasteiger partial charge < -0.3 is 21.1 Å². The molecule has 1 amide bonds. The molecule has 0 bridgehead atoms. The highest BCUT2D eigenvalue weighted by molar-refractivity contribution is 5.91. The van der Waals surface area contributed by atoms with Gasteiger partial charge in [-0.3, -0.25) is 4.79 Å². The van der Waals surface area contributed by atoms with Crippen molar-refractivity contribution in [2.24, 2.45) is 0 Å². The predicted octanol–water partition coefficient (Wildman–Crippen LogP) is 0.538. The summed E-state index contributed by atoms with van der Waals surface area (Å²) in [5, 5.41) is 11.4. The molecule has 1 aromatic rings. The number of nitrogens with two attached hydrogens (primary N) is 1. The Morgan fingerprint density at radius 2 is 2.06 bits per heavy atom. The second kappa shape index (κ2) is 5.39. The van der Waals surface area contributed by atoms with Crippen molar-refractivity contribution in [2.75, 3.05) is 24.7 Å². The van der Waals surface area contributed by atoms with Crippen LogP contribution in [0.15, 0.2) is 18.2 Å². The highest BCUT2D eigenvalue weighted by Gasteiger charge is 2.19. The molecule has 1 aromatic carbocycles. The van der Waals surface area contributed by atoms with Crippen LogP contribution in [0.2, 0.25) is 0 Å². The van der Waals surface area contributed by atoms with Gasteiger partial charge in [0.05, 0.1) is 16.9 Å². The van der Waals surface area contributed by atoms with Crippen LogP contribution in [0.4, 0.5) is 11.4 Å². The molecule has 6 nitrogen and oxygen atoms in total. The zero-order valence-corrected chi connectivity index (χ0v) is 10.6. The van der Waals surface area contributed by atoms with E-state index in [1.807, 2.05) is 0 Å². The first-order valence-corrected chi connectivity index (χ1v) is 5.45. The Hall–Kier alpha value is -2.24. The number of likely N-dealkylation sites (N-methyl/N-ethyl adjacent to an activating group) is 2. The minimum atomic E-state index is -1.03. The summed E-state index contributed by atoms with van der Waals surface area (Å²) < 4.78 is 0. The number of carbonyl (C=O) groups excluding carboxylic acids is 1. The van der Waals surface area contributed by atoms with Crippen molar-refractivity contribution < 1.29 is 14.7 Å². The Morgan fingerprint density at radius 1 is 1.44 bits per heavy atom. The van der Waals surface area contributed by atoms with E-state index in [1.165, 1.54) is 12.1 Å². The number of amides is 1. The van der Waals surface area contributed by atoms with E-state index in [2.05, 4.69) is 5.32 Å². The minimum absolute atomic E-state index is 0.122. The van der Waals surface area contributed by atoms with E-state index in [1.54, 1.807) is 32.0 Å². The van der Waals surface area contributed by atoms with Crippen LogP contribution in [0.25, 0.3) is 0 Å². The Labute approximate surface area is 105 Å². The van der Waals surface area contributed by atoms with Crippen molar-refractivity contribution in [1.82, 2.24) is 5.32 Å².